The summed E-state index contributed by atoms with van der Waals surface area (Å²) in [5.74, 6) is -1.02. The zero-order valence-electron chi connectivity index (χ0n) is 11.6. The van der Waals surface area contributed by atoms with Crippen molar-refractivity contribution in [3.8, 4) is 0 Å². The Morgan fingerprint density at radius 1 is 1.16 bits per heavy atom. The zero-order valence-corrected chi connectivity index (χ0v) is 11.6. The summed E-state index contributed by atoms with van der Waals surface area (Å²) in [5, 5.41) is 9.04. The number of anilines is 1. The minimum absolute atomic E-state index is 0.129. The molecule has 0 amide bonds. The third kappa shape index (κ3) is 2.46. The van der Waals surface area contributed by atoms with Crippen molar-refractivity contribution in [2.75, 3.05) is 5.73 Å². The molecule has 1 fully saturated rings. The standard InChI is InChI=1S/C13H18BNO4/c1-12(2)13(3,4)19-14(18-12)9-5-8(11(16)17)6-10(15)7-9/h5-7H,15H2,1-4H3,(H,16,17). The number of carboxylic acids is 1. The number of nitrogens with two attached hydrogens (primary N) is 1. The first-order valence-corrected chi connectivity index (χ1v) is 6.12. The second-order valence-corrected chi connectivity index (χ2v) is 5.78. The average molecular weight is 263 g/mol. The normalized spacial score (nSPS) is 20.5. The zero-order chi connectivity index (χ0) is 14.4. The van der Waals surface area contributed by atoms with Crippen molar-refractivity contribution >= 4 is 24.2 Å². The fraction of sp³-hybridized carbons (Fsp3) is 0.462. The van der Waals surface area contributed by atoms with Gasteiger partial charge in [0.25, 0.3) is 0 Å². The molecule has 2 rings (SSSR count). The van der Waals surface area contributed by atoms with E-state index in [-0.39, 0.29) is 5.56 Å². The van der Waals surface area contributed by atoms with Crippen LogP contribution in [0.5, 0.6) is 0 Å². The molecule has 0 aliphatic carbocycles. The molecular weight excluding hydrogens is 245 g/mol. The predicted molar refractivity (Wildman–Crippen MR) is 73.5 cm³/mol. The van der Waals surface area contributed by atoms with Crippen LogP contribution in [0.4, 0.5) is 5.69 Å². The Balaban J connectivity index is 2.37. The summed E-state index contributed by atoms with van der Waals surface area (Å²) in [7, 11) is -0.605. The molecule has 5 nitrogen and oxygen atoms in total. The predicted octanol–water partition coefficient (Wildman–Crippen LogP) is 1.27. The van der Waals surface area contributed by atoms with Crippen molar-refractivity contribution in [1.29, 1.82) is 0 Å². The molecule has 1 aliphatic heterocycles. The molecule has 0 saturated carbocycles. The second kappa shape index (κ2) is 4.25. The topological polar surface area (TPSA) is 81.8 Å². The highest BCUT2D eigenvalue weighted by atomic mass is 16.7. The molecule has 0 bridgehead atoms. The first-order chi connectivity index (χ1) is 8.62. The van der Waals surface area contributed by atoms with Gasteiger partial charge in [0.05, 0.1) is 16.8 Å². The van der Waals surface area contributed by atoms with Gasteiger partial charge in [-0.15, -0.1) is 0 Å². The van der Waals surface area contributed by atoms with Gasteiger partial charge in [0.15, 0.2) is 0 Å². The molecule has 0 radical (unpaired) electrons. The van der Waals surface area contributed by atoms with Gasteiger partial charge in [-0.3, -0.25) is 0 Å². The van der Waals surface area contributed by atoms with E-state index in [0.29, 0.717) is 11.2 Å². The number of carbonyl (C=O) groups is 1. The lowest BCUT2D eigenvalue weighted by molar-refractivity contribution is 0.00578. The summed E-state index contributed by atoms with van der Waals surface area (Å²) in [6.45, 7) is 7.77. The molecule has 1 aromatic carbocycles. The Bertz CT molecular complexity index is 511. The monoisotopic (exact) mass is 263 g/mol. The van der Waals surface area contributed by atoms with E-state index >= 15 is 0 Å². The Morgan fingerprint density at radius 2 is 1.68 bits per heavy atom. The van der Waals surface area contributed by atoms with E-state index in [0.717, 1.165) is 0 Å². The van der Waals surface area contributed by atoms with Crippen LogP contribution in [0.2, 0.25) is 0 Å². The highest BCUT2D eigenvalue weighted by molar-refractivity contribution is 6.62. The van der Waals surface area contributed by atoms with Crippen LogP contribution >= 0.6 is 0 Å². The molecular formula is C13H18BNO4. The Kier molecular flexibility index (Phi) is 3.11. The summed E-state index contributed by atoms with van der Waals surface area (Å²) >= 11 is 0. The Labute approximate surface area is 112 Å². The smallest absolute Gasteiger partial charge is 0.478 e. The molecule has 0 atom stereocenters. The van der Waals surface area contributed by atoms with E-state index in [1.807, 2.05) is 27.7 Å². The van der Waals surface area contributed by atoms with Crippen LogP contribution in [0.25, 0.3) is 0 Å². The van der Waals surface area contributed by atoms with Crippen LogP contribution in [0, 0.1) is 0 Å². The molecule has 1 heterocycles. The first-order valence-electron chi connectivity index (χ1n) is 6.12. The van der Waals surface area contributed by atoms with E-state index in [1.54, 1.807) is 6.07 Å². The van der Waals surface area contributed by atoms with E-state index in [1.165, 1.54) is 12.1 Å². The maximum absolute atomic E-state index is 11.0. The van der Waals surface area contributed by atoms with Gasteiger partial charge in [0.1, 0.15) is 0 Å². The molecule has 1 saturated heterocycles. The number of hydrogen-bond acceptors (Lipinski definition) is 4. The van der Waals surface area contributed by atoms with Crippen molar-refractivity contribution in [2.45, 2.75) is 38.9 Å². The summed E-state index contributed by atoms with van der Waals surface area (Å²) < 4.78 is 11.7. The fourth-order valence-electron chi connectivity index (χ4n) is 1.92. The van der Waals surface area contributed by atoms with Crippen LogP contribution < -0.4 is 11.2 Å². The van der Waals surface area contributed by atoms with Gasteiger partial charge in [-0.05, 0) is 51.4 Å². The third-order valence-corrected chi connectivity index (χ3v) is 3.75. The summed E-state index contributed by atoms with van der Waals surface area (Å²) in [6.07, 6.45) is 0. The van der Waals surface area contributed by atoms with Crippen LogP contribution in [-0.4, -0.2) is 29.4 Å². The summed E-state index contributed by atoms with van der Waals surface area (Å²) in [5.41, 5.74) is 5.92. The number of hydrogen-bond donors (Lipinski definition) is 2. The summed E-state index contributed by atoms with van der Waals surface area (Å²) in [4.78, 5) is 11.0. The second-order valence-electron chi connectivity index (χ2n) is 5.78. The quantitative estimate of drug-likeness (QED) is 0.620. The highest BCUT2D eigenvalue weighted by Crippen LogP contribution is 2.36. The molecule has 1 aromatic rings. The van der Waals surface area contributed by atoms with Gasteiger partial charge < -0.3 is 20.1 Å². The van der Waals surface area contributed by atoms with Crippen LogP contribution in [-0.2, 0) is 9.31 Å². The van der Waals surface area contributed by atoms with Crippen molar-refractivity contribution in [3.63, 3.8) is 0 Å². The van der Waals surface area contributed by atoms with Crippen LogP contribution in [0.15, 0.2) is 18.2 Å². The van der Waals surface area contributed by atoms with Gasteiger partial charge in [-0.25, -0.2) is 4.79 Å². The highest BCUT2D eigenvalue weighted by Gasteiger charge is 2.51. The van der Waals surface area contributed by atoms with Gasteiger partial charge in [-0.1, -0.05) is 0 Å². The number of rotatable bonds is 2. The van der Waals surface area contributed by atoms with Crippen molar-refractivity contribution in [3.05, 3.63) is 23.8 Å². The van der Waals surface area contributed by atoms with E-state index in [4.69, 9.17) is 20.1 Å². The molecule has 1 aliphatic rings. The largest absolute Gasteiger partial charge is 0.494 e. The SMILES string of the molecule is CC1(C)OB(c2cc(N)cc(C(=O)O)c2)OC1(C)C. The maximum atomic E-state index is 11.0. The molecule has 19 heavy (non-hydrogen) atoms. The third-order valence-electron chi connectivity index (χ3n) is 3.75. The molecule has 3 N–H and O–H groups in total. The van der Waals surface area contributed by atoms with Crippen molar-refractivity contribution in [2.24, 2.45) is 0 Å². The van der Waals surface area contributed by atoms with E-state index in [2.05, 4.69) is 0 Å². The minimum atomic E-state index is -1.02. The number of aromatic carboxylic acids is 1. The van der Waals surface area contributed by atoms with Gasteiger partial charge >= 0.3 is 13.1 Å². The fourth-order valence-corrected chi connectivity index (χ4v) is 1.92. The molecule has 0 unspecified atom stereocenters. The lowest BCUT2D eigenvalue weighted by atomic mass is 9.78. The Morgan fingerprint density at radius 3 is 2.16 bits per heavy atom. The lowest BCUT2D eigenvalue weighted by Gasteiger charge is -2.32. The molecule has 0 aromatic heterocycles. The number of nitrogen functional groups attached to an aromatic ring is 1. The lowest BCUT2D eigenvalue weighted by Crippen LogP contribution is -2.41. The average Bonchev–Trinajstić information content (AvgIpc) is 2.47. The Hall–Kier alpha value is -1.53. The van der Waals surface area contributed by atoms with E-state index in [9.17, 15) is 4.79 Å². The van der Waals surface area contributed by atoms with E-state index < -0.39 is 24.3 Å². The van der Waals surface area contributed by atoms with Gasteiger partial charge in [-0.2, -0.15) is 0 Å². The molecule has 0 spiro atoms. The molecule has 6 heteroatoms. The number of carboxylic acid groups (broad SMARTS) is 1. The number of benzene rings is 1. The van der Waals surface area contributed by atoms with Crippen LogP contribution in [0.1, 0.15) is 38.1 Å². The maximum Gasteiger partial charge on any atom is 0.494 e. The van der Waals surface area contributed by atoms with Crippen molar-refractivity contribution < 1.29 is 19.2 Å². The van der Waals surface area contributed by atoms with Crippen LogP contribution in [0.3, 0.4) is 0 Å². The minimum Gasteiger partial charge on any atom is -0.478 e. The van der Waals surface area contributed by atoms with Crippen molar-refractivity contribution in [1.82, 2.24) is 0 Å². The van der Waals surface area contributed by atoms with Gasteiger partial charge in [0, 0.05) is 5.69 Å². The van der Waals surface area contributed by atoms with Gasteiger partial charge in [0.2, 0.25) is 0 Å². The molecule has 102 valence electrons. The first kappa shape index (κ1) is 13.9. The summed E-state index contributed by atoms with van der Waals surface area (Å²) in [6, 6.07) is 4.62.